The maximum Gasteiger partial charge on any atom is 0.254 e. The third-order valence-corrected chi connectivity index (χ3v) is 6.98. The number of nitrogens with zero attached hydrogens (tertiary/aromatic N) is 4. The predicted octanol–water partition coefficient (Wildman–Crippen LogP) is 3.39. The second kappa shape index (κ2) is 5.95. The summed E-state index contributed by atoms with van der Waals surface area (Å²) in [6.45, 7) is 4.46. The molecule has 0 bridgehead atoms. The maximum absolute atomic E-state index is 13.0. The molecule has 3 heterocycles. The zero-order chi connectivity index (χ0) is 20.6. The number of aromatic nitrogens is 3. The first kappa shape index (κ1) is 17.7. The van der Waals surface area contributed by atoms with E-state index in [4.69, 9.17) is 10.7 Å². The van der Waals surface area contributed by atoms with Gasteiger partial charge < -0.3 is 19.8 Å². The van der Waals surface area contributed by atoms with E-state index in [0.29, 0.717) is 18.0 Å². The number of likely N-dealkylation sites (tertiary alicyclic amines) is 1. The number of piperidine rings is 1. The van der Waals surface area contributed by atoms with Crippen molar-refractivity contribution >= 4 is 27.8 Å². The number of carbonyl (C=O) groups excluding carboxylic acids is 1. The molecule has 6 nitrogen and oxygen atoms in total. The van der Waals surface area contributed by atoms with Crippen LogP contribution in [-0.4, -0.2) is 43.6 Å². The molecule has 1 aliphatic carbocycles. The quantitative estimate of drug-likeness (QED) is 0.574. The highest BCUT2D eigenvalue weighted by molar-refractivity contribution is 5.98. The van der Waals surface area contributed by atoms with E-state index < -0.39 is 0 Å². The molecule has 6 rings (SSSR count). The highest BCUT2D eigenvalue weighted by atomic mass is 16.2. The molecule has 1 amide bonds. The van der Waals surface area contributed by atoms with Crippen LogP contribution in [0.5, 0.6) is 0 Å². The fourth-order valence-electron chi connectivity index (χ4n) is 5.16. The second-order valence-corrected chi connectivity index (χ2v) is 8.85. The molecule has 6 heteroatoms. The minimum Gasteiger partial charge on any atom is -0.338 e. The van der Waals surface area contributed by atoms with Gasteiger partial charge in [0.1, 0.15) is 0 Å². The fourth-order valence-corrected chi connectivity index (χ4v) is 5.16. The third kappa shape index (κ3) is 2.40. The van der Waals surface area contributed by atoms with E-state index in [2.05, 4.69) is 46.4 Å². The SMILES string of the molecule is CCn1c(-c2nc3cc(C(=O)N4C[C@@H]5C[C@]5(N)C4)ccc3n2C)cc2ccccc21. The number of nitrogens with two attached hydrogens (primary N) is 1. The van der Waals surface area contributed by atoms with Crippen LogP contribution < -0.4 is 5.73 Å². The standard InChI is InChI=1S/C24H25N5O/c1-3-29-19-7-5-4-6-15(19)11-21(29)22-26-18-10-16(8-9-20(18)27(22)2)23(30)28-13-17-12-24(17,25)14-28/h4-11,17H,3,12-14,25H2,1-2H3/t17-,24-/m0/s1. The van der Waals surface area contributed by atoms with E-state index in [1.54, 1.807) is 0 Å². The topological polar surface area (TPSA) is 69.1 Å². The Bertz CT molecular complexity index is 1330. The van der Waals surface area contributed by atoms with Crippen LogP contribution in [0.15, 0.2) is 48.5 Å². The van der Waals surface area contributed by atoms with Crippen LogP contribution in [0.3, 0.4) is 0 Å². The average molecular weight is 399 g/mol. The summed E-state index contributed by atoms with van der Waals surface area (Å²) >= 11 is 0. The molecule has 1 saturated heterocycles. The number of fused-ring (bicyclic) bond motifs is 3. The molecule has 30 heavy (non-hydrogen) atoms. The number of imidazole rings is 1. The summed E-state index contributed by atoms with van der Waals surface area (Å²) in [5, 5.41) is 1.21. The van der Waals surface area contributed by atoms with Crippen LogP contribution in [0.1, 0.15) is 23.7 Å². The fraction of sp³-hybridized carbons (Fsp3) is 0.333. The average Bonchev–Trinajstić information content (AvgIpc) is 3.06. The summed E-state index contributed by atoms with van der Waals surface area (Å²) < 4.78 is 4.41. The van der Waals surface area contributed by atoms with E-state index in [1.807, 2.05) is 30.1 Å². The van der Waals surface area contributed by atoms with Crippen LogP contribution in [0.4, 0.5) is 0 Å². The van der Waals surface area contributed by atoms with E-state index in [9.17, 15) is 4.79 Å². The molecule has 0 unspecified atom stereocenters. The minimum absolute atomic E-state index is 0.0591. The molecule has 1 aliphatic heterocycles. The first-order chi connectivity index (χ1) is 14.5. The van der Waals surface area contributed by atoms with Crippen molar-refractivity contribution in [1.29, 1.82) is 0 Å². The van der Waals surface area contributed by atoms with Gasteiger partial charge in [-0.3, -0.25) is 4.79 Å². The number of para-hydroxylation sites is 1. The van der Waals surface area contributed by atoms with Crippen LogP contribution in [0.2, 0.25) is 0 Å². The van der Waals surface area contributed by atoms with Gasteiger partial charge >= 0.3 is 0 Å². The maximum atomic E-state index is 13.0. The lowest BCUT2D eigenvalue weighted by Crippen LogP contribution is -2.36. The summed E-state index contributed by atoms with van der Waals surface area (Å²) in [4.78, 5) is 19.8. The molecule has 0 spiro atoms. The third-order valence-electron chi connectivity index (χ3n) is 6.98. The lowest BCUT2D eigenvalue weighted by atomic mass is 10.1. The molecule has 2 N–H and O–H groups in total. The van der Waals surface area contributed by atoms with Gasteiger partial charge in [0.15, 0.2) is 5.82 Å². The predicted molar refractivity (Wildman–Crippen MR) is 118 cm³/mol. The zero-order valence-electron chi connectivity index (χ0n) is 17.3. The summed E-state index contributed by atoms with van der Waals surface area (Å²) in [6, 6.07) is 16.5. The Morgan fingerprint density at radius 3 is 2.80 bits per heavy atom. The van der Waals surface area contributed by atoms with Crippen LogP contribution in [0, 0.1) is 5.92 Å². The van der Waals surface area contributed by atoms with Crippen molar-refractivity contribution in [3.63, 3.8) is 0 Å². The number of benzene rings is 2. The molecule has 152 valence electrons. The van der Waals surface area contributed by atoms with E-state index >= 15 is 0 Å². The molecule has 1 saturated carbocycles. The van der Waals surface area contributed by atoms with E-state index in [1.165, 1.54) is 10.9 Å². The molecule has 2 aliphatic rings. The van der Waals surface area contributed by atoms with Crippen molar-refractivity contribution in [2.45, 2.75) is 25.4 Å². The largest absolute Gasteiger partial charge is 0.338 e. The monoisotopic (exact) mass is 399 g/mol. The van der Waals surface area contributed by atoms with Crippen molar-refractivity contribution in [3.05, 3.63) is 54.1 Å². The van der Waals surface area contributed by atoms with Crippen molar-refractivity contribution in [2.75, 3.05) is 13.1 Å². The number of rotatable bonds is 3. The van der Waals surface area contributed by atoms with Crippen molar-refractivity contribution in [3.8, 4) is 11.5 Å². The van der Waals surface area contributed by atoms with Gasteiger partial charge in [0.2, 0.25) is 0 Å². The van der Waals surface area contributed by atoms with Crippen LogP contribution >= 0.6 is 0 Å². The van der Waals surface area contributed by atoms with Gasteiger partial charge in [0.25, 0.3) is 5.91 Å². The molecular weight excluding hydrogens is 374 g/mol. The number of aryl methyl sites for hydroxylation is 2. The molecule has 0 radical (unpaired) electrons. The summed E-state index contributed by atoms with van der Waals surface area (Å²) in [6.07, 6.45) is 1.05. The Kier molecular flexibility index (Phi) is 3.51. The highest BCUT2D eigenvalue weighted by Crippen LogP contribution is 2.47. The van der Waals surface area contributed by atoms with E-state index in [-0.39, 0.29) is 11.4 Å². The summed E-state index contributed by atoms with van der Waals surface area (Å²) in [5.74, 6) is 1.45. The van der Waals surface area contributed by atoms with Gasteiger partial charge in [-0.25, -0.2) is 4.98 Å². The van der Waals surface area contributed by atoms with Gasteiger partial charge in [-0.15, -0.1) is 0 Å². The summed E-state index contributed by atoms with van der Waals surface area (Å²) in [7, 11) is 2.04. The molecule has 4 aromatic rings. The smallest absolute Gasteiger partial charge is 0.254 e. The molecule has 2 aromatic heterocycles. The van der Waals surface area contributed by atoms with Crippen molar-refractivity contribution < 1.29 is 4.79 Å². The van der Waals surface area contributed by atoms with Gasteiger partial charge in [-0.05, 0) is 49.6 Å². The van der Waals surface area contributed by atoms with Gasteiger partial charge in [-0.2, -0.15) is 0 Å². The Morgan fingerprint density at radius 2 is 2.03 bits per heavy atom. The van der Waals surface area contributed by atoms with Crippen molar-refractivity contribution in [1.82, 2.24) is 19.0 Å². The number of amides is 1. The van der Waals surface area contributed by atoms with Crippen molar-refractivity contribution in [2.24, 2.45) is 18.7 Å². The summed E-state index contributed by atoms with van der Waals surface area (Å²) in [5.41, 5.74) is 11.0. The Balaban J connectivity index is 1.42. The van der Waals surface area contributed by atoms with Crippen LogP contribution in [-0.2, 0) is 13.6 Å². The normalized spacial score (nSPS) is 22.8. The van der Waals surface area contributed by atoms with Gasteiger partial charge in [-0.1, -0.05) is 18.2 Å². The number of carbonyl (C=O) groups is 1. The lowest BCUT2D eigenvalue weighted by Gasteiger charge is -2.19. The number of hydrogen-bond donors (Lipinski definition) is 1. The van der Waals surface area contributed by atoms with E-state index in [0.717, 1.165) is 42.1 Å². The first-order valence-electron chi connectivity index (χ1n) is 10.6. The molecule has 2 atom stereocenters. The first-order valence-corrected chi connectivity index (χ1v) is 10.6. The van der Waals surface area contributed by atoms with Gasteiger partial charge in [0, 0.05) is 48.7 Å². The second-order valence-electron chi connectivity index (χ2n) is 8.85. The number of hydrogen-bond acceptors (Lipinski definition) is 3. The Hall–Kier alpha value is -3.12. The van der Waals surface area contributed by atoms with Gasteiger partial charge in [0.05, 0.1) is 16.7 Å². The molecular formula is C24H25N5O. The van der Waals surface area contributed by atoms with Crippen LogP contribution in [0.25, 0.3) is 33.5 Å². The Morgan fingerprint density at radius 1 is 1.20 bits per heavy atom. The molecule has 2 aromatic carbocycles. The zero-order valence-corrected chi connectivity index (χ0v) is 17.3. The minimum atomic E-state index is -0.133. The molecule has 2 fully saturated rings. The Labute approximate surface area is 174 Å². The highest BCUT2D eigenvalue weighted by Gasteiger charge is 2.58. The lowest BCUT2D eigenvalue weighted by molar-refractivity contribution is 0.0773.